The number of imidazole rings is 1. The molecular weight excluding hydrogens is 226 g/mol. The highest BCUT2D eigenvalue weighted by Gasteiger charge is 2.15. The molecule has 0 aliphatic carbocycles. The van der Waals surface area contributed by atoms with E-state index in [1.54, 1.807) is 7.11 Å². The van der Waals surface area contributed by atoms with Gasteiger partial charge in [-0.3, -0.25) is 0 Å². The van der Waals surface area contributed by atoms with Gasteiger partial charge in [0.25, 0.3) is 0 Å². The fourth-order valence-electron chi connectivity index (χ4n) is 2.09. The van der Waals surface area contributed by atoms with Crippen LogP contribution in [0.15, 0.2) is 36.7 Å². The molecule has 1 heterocycles. The molecule has 18 heavy (non-hydrogen) atoms. The van der Waals surface area contributed by atoms with Crippen molar-refractivity contribution in [3.05, 3.63) is 48.0 Å². The molecule has 1 aromatic heterocycles. The summed E-state index contributed by atoms with van der Waals surface area (Å²) in [5.74, 6) is 1.93. The Labute approximate surface area is 108 Å². The fourth-order valence-corrected chi connectivity index (χ4v) is 2.09. The number of nitrogens with one attached hydrogen (secondary N) is 1. The molecular formula is C14H19N3O. The average Bonchev–Trinajstić information content (AvgIpc) is 2.81. The zero-order chi connectivity index (χ0) is 13.0. The van der Waals surface area contributed by atoms with Crippen LogP contribution in [0, 0.1) is 6.92 Å². The molecule has 0 spiro atoms. The third-order valence-corrected chi connectivity index (χ3v) is 3.17. The molecule has 1 N–H and O–H groups in total. The maximum Gasteiger partial charge on any atom is 0.123 e. The van der Waals surface area contributed by atoms with Crippen LogP contribution in [0.4, 0.5) is 0 Å². The number of aromatic nitrogens is 2. The van der Waals surface area contributed by atoms with Crippen molar-refractivity contribution in [2.45, 2.75) is 19.5 Å². The largest absolute Gasteiger partial charge is 0.496 e. The zero-order valence-electron chi connectivity index (χ0n) is 11.1. The average molecular weight is 245 g/mol. The monoisotopic (exact) mass is 245 g/mol. The van der Waals surface area contributed by atoms with Crippen LogP contribution in [0.1, 0.15) is 17.4 Å². The molecule has 0 radical (unpaired) electrons. The van der Waals surface area contributed by atoms with E-state index in [1.165, 1.54) is 0 Å². The minimum absolute atomic E-state index is 0.203. The van der Waals surface area contributed by atoms with Gasteiger partial charge in [0.2, 0.25) is 0 Å². The van der Waals surface area contributed by atoms with Crippen LogP contribution in [-0.4, -0.2) is 23.7 Å². The van der Waals surface area contributed by atoms with Gasteiger partial charge >= 0.3 is 0 Å². The number of rotatable bonds is 5. The predicted molar refractivity (Wildman–Crippen MR) is 71.8 cm³/mol. The lowest BCUT2D eigenvalue weighted by Gasteiger charge is -2.20. The minimum Gasteiger partial charge on any atom is -0.496 e. The smallest absolute Gasteiger partial charge is 0.123 e. The van der Waals surface area contributed by atoms with E-state index in [0.29, 0.717) is 0 Å². The molecule has 4 nitrogen and oxygen atoms in total. The second-order valence-corrected chi connectivity index (χ2v) is 4.21. The van der Waals surface area contributed by atoms with Gasteiger partial charge in [0.1, 0.15) is 11.6 Å². The molecule has 0 saturated carbocycles. The van der Waals surface area contributed by atoms with Gasteiger partial charge in [0.15, 0.2) is 0 Å². The Kier molecular flexibility index (Phi) is 3.99. The second-order valence-electron chi connectivity index (χ2n) is 4.21. The molecule has 0 saturated heterocycles. The van der Waals surface area contributed by atoms with Crippen molar-refractivity contribution in [3.63, 3.8) is 0 Å². The molecule has 2 rings (SSSR count). The van der Waals surface area contributed by atoms with Crippen LogP contribution in [0.25, 0.3) is 0 Å². The van der Waals surface area contributed by atoms with Gasteiger partial charge in [-0.15, -0.1) is 0 Å². The summed E-state index contributed by atoms with van der Waals surface area (Å²) in [5.41, 5.74) is 1.16. The third kappa shape index (κ3) is 2.54. The van der Waals surface area contributed by atoms with Gasteiger partial charge in [-0.1, -0.05) is 18.2 Å². The Morgan fingerprint density at radius 1 is 1.39 bits per heavy atom. The summed E-state index contributed by atoms with van der Waals surface area (Å²) in [6, 6.07) is 8.29. The predicted octanol–water partition coefficient (Wildman–Crippen LogP) is 2.16. The van der Waals surface area contributed by atoms with Crippen LogP contribution in [0.5, 0.6) is 5.75 Å². The first-order valence-corrected chi connectivity index (χ1v) is 6.04. The van der Waals surface area contributed by atoms with Crippen molar-refractivity contribution >= 4 is 0 Å². The number of benzene rings is 1. The molecule has 0 bridgehead atoms. The molecule has 1 atom stereocenters. The number of hydrogen-bond acceptors (Lipinski definition) is 3. The van der Waals surface area contributed by atoms with E-state index >= 15 is 0 Å². The van der Waals surface area contributed by atoms with Crippen molar-refractivity contribution in [2.75, 3.05) is 14.2 Å². The third-order valence-electron chi connectivity index (χ3n) is 3.17. The molecule has 1 aromatic carbocycles. The maximum atomic E-state index is 5.41. The topological polar surface area (TPSA) is 39.1 Å². The molecule has 2 aromatic rings. The number of para-hydroxylation sites is 1. The normalized spacial score (nSPS) is 12.4. The molecule has 0 aliphatic heterocycles. The summed E-state index contributed by atoms with van der Waals surface area (Å²) in [6.07, 6.45) is 3.82. The summed E-state index contributed by atoms with van der Waals surface area (Å²) in [7, 11) is 3.66. The number of aryl methyl sites for hydroxylation is 1. The number of likely N-dealkylation sites (N-methyl/N-ethyl adjacent to an activating group) is 1. The first-order chi connectivity index (χ1) is 8.76. The highest BCUT2D eigenvalue weighted by atomic mass is 16.5. The van der Waals surface area contributed by atoms with E-state index in [-0.39, 0.29) is 6.04 Å². The number of hydrogen-bond donors (Lipinski definition) is 1. The number of methoxy groups -OCH3 is 1. The van der Waals surface area contributed by atoms with Crippen LogP contribution in [0.3, 0.4) is 0 Å². The Balaban J connectivity index is 2.25. The standard InChI is InChI=1S/C14H19N3O/c1-11-16-8-9-17(11)10-13(15-2)12-6-4-5-7-14(12)18-3/h4-9,13,15H,10H2,1-3H3. The second kappa shape index (κ2) is 5.69. The highest BCUT2D eigenvalue weighted by molar-refractivity contribution is 5.35. The summed E-state index contributed by atoms with van der Waals surface area (Å²) < 4.78 is 7.55. The summed E-state index contributed by atoms with van der Waals surface area (Å²) >= 11 is 0. The molecule has 96 valence electrons. The van der Waals surface area contributed by atoms with E-state index in [2.05, 4.69) is 20.9 Å². The lowest BCUT2D eigenvalue weighted by molar-refractivity contribution is 0.394. The van der Waals surface area contributed by atoms with Crippen molar-refractivity contribution in [2.24, 2.45) is 0 Å². The molecule has 0 fully saturated rings. The van der Waals surface area contributed by atoms with Crippen LogP contribution < -0.4 is 10.1 Å². The Bertz CT molecular complexity index is 507. The summed E-state index contributed by atoms with van der Waals surface area (Å²) in [4.78, 5) is 4.24. The summed E-state index contributed by atoms with van der Waals surface area (Å²) in [6.45, 7) is 2.84. The molecule has 4 heteroatoms. The summed E-state index contributed by atoms with van der Waals surface area (Å²) in [5, 5.41) is 3.33. The Hall–Kier alpha value is -1.81. The van der Waals surface area contributed by atoms with Gasteiger partial charge < -0.3 is 14.6 Å². The van der Waals surface area contributed by atoms with E-state index in [9.17, 15) is 0 Å². The van der Waals surface area contributed by atoms with E-state index in [0.717, 1.165) is 23.7 Å². The first kappa shape index (κ1) is 12.6. The van der Waals surface area contributed by atoms with E-state index in [4.69, 9.17) is 4.74 Å². The van der Waals surface area contributed by atoms with Gasteiger partial charge in [-0.25, -0.2) is 4.98 Å². The highest BCUT2D eigenvalue weighted by Crippen LogP contribution is 2.25. The van der Waals surface area contributed by atoms with Crippen LogP contribution in [0.2, 0.25) is 0 Å². The molecule has 0 amide bonds. The SMILES string of the molecule is CNC(Cn1ccnc1C)c1ccccc1OC. The quantitative estimate of drug-likeness (QED) is 0.877. The van der Waals surface area contributed by atoms with Gasteiger partial charge in [-0.05, 0) is 20.0 Å². The first-order valence-electron chi connectivity index (χ1n) is 6.04. The van der Waals surface area contributed by atoms with E-state index < -0.39 is 0 Å². The maximum absolute atomic E-state index is 5.41. The zero-order valence-corrected chi connectivity index (χ0v) is 11.1. The van der Waals surface area contributed by atoms with Gasteiger partial charge in [-0.2, -0.15) is 0 Å². The van der Waals surface area contributed by atoms with E-state index in [1.807, 2.05) is 44.6 Å². The lowest BCUT2D eigenvalue weighted by atomic mass is 10.1. The van der Waals surface area contributed by atoms with Crippen LogP contribution in [-0.2, 0) is 6.54 Å². The molecule has 0 aliphatic rings. The number of nitrogens with zero attached hydrogens (tertiary/aromatic N) is 2. The lowest BCUT2D eigenvalue weighted by Crippen LogP contribution is -2.22. The van der Waals surface area contributed by atoms with Crippen molar-refractivity contribution in [3.8, 4) is 5.75 Å². The fraction of sp³-hybridized carbons (Fsp3) is 0.357. The Morgan fingerprint density at radius 3 is 2.78 bits per heavy atom. The van der Waals surface area contributed by atoms with Gasteiger partial charge in [0, 0.05) is 24.5 Å². The molecule has 1 unspecified atom stereocenters. The minimum atomic E-state index is 0.203. The Morgan fingerprint density at radius 2 is 2.17 bits per heavy atom. The van der Waals surface area contributed by atoms with Crippen LogP contribution >= 0.6 is 0 Å². The van der Waals surface area contributed by atoms with Gasteiger partial charge in [0.05, 0.1) is 13.2 Å². The van der Waals surface area contributed by atoms with Crippen molar-refractivity contribution in [1.29, 1.82) is 0 Å². The van der Waals surface area contributed by atoms with Crippen molar-refractivity contribution < 1.29 is 4.74 Å². The number of ether oxygens (including phenoxy) is 1. The van der Waals surface area contributed by atoms with Crippen molar-refractivity contribution in [1.82, 2.24) is 14.9 Å².